The highest BCUT2D eigenvalue weighted by atomic mass is 19.4. The van der Waals surface area contributed by atoms with Crippen molar-refractivity contribution in [1.29, 1.82) is 0 Å². The van der Waals surface area contributed by atoms with E-state index in [2.05, 4.69) is 5.32 Å². The van der Waals surface area contributed by atoms with Crippen molar-refractivity contribution in [3.63, 3.8) is 0 Å². The van der Waals surface area contributed by atoms with Crippen molar-refractivity contribution < 1.29 is 18.0 Å². The maximum absolute atomic E-state index is 12.8. The van der Waals surface area contributed by atoms with Gasteiger partial charge in [-0.05, 0) is 26.2 Å². The third kappa shape index (κ3) is 4.84. The quantitative estimate of drug-likeness (QED) is 0.820. The van der Waals surface area contributed by atoms with Gasteiger partial charge < -0.3 is 11.1 Å². The molecule has 106 valence electrons. The molecule has 18 heavy (non-hydrogen) atoms. The number of nitrogens with one attached hydrogen (secondary N) is 1. The average molecular weight is 266 g/mol. The Labute approximate surface area is 105 Å². The van der Waals surface area contributed by atoms with Crippen LogP contribution in [-0.2, 0) is 4.79 Å². The van der Waals surface area contributed by atoms with E-state index in [1.54, 1.807) is 6.92 Å². The second kappa shape index (κ2) is 6.41. The summed E-state index contributed by atoms with van der Waals surface area (Å²) in [5.74, 6) is -1.72. The van der Waals surface area contributed by atoms with Crippen LogP contribution in [0, 0.1) is 5.92 Å². The molecule has 3 N–H and O–H groups in total. The van der Waals surface area contributed by atoms with Crippen molar-refractivity contribution in [3.8, 4) is 0 Å². The zero-order valence-corrected chi connectivity index (χ0v) is 10.6. The van der Waals surface area contributed by atoms with E-state index in [9.17, 15) is 18.0 Å². The summed E-state index contributed by atoms with van der Waals surface area (Å²) in [4.78, 5) is 11.6. The summed E-state index contributed by atoms with van der Waals surface area (Å²) in [5.41, 5.74) is 5.51. The number of nitrogens with two attached hydrogens (primary N) is 1. The van der Waals surface area contributed by atoms with E-state index in [0.29, 0.717) is 19.3 Å². The second-order valence-corrected chi connectivity index (χ2v) is 5.12. The molecule has 1 aliphatic rings. The zero-order valence-electron chi connectivity index (χ0n) is 10.6. The highest BCUT2D eigenvalue weighted by molar-refractivity contribution is 5.76. The van der Waals surface area contributed by atoms with Crippen LogP contribution >= 0.6 is 0 Å². The SMILES string of the molecule is CC(N)CCC(=O)NC1CCCCC1C(F)(F)F. The highest BCUT2D eigenvalue weighted by Gasteiger charge is 2.45. The Morgan fingerprint density at radius 2 is 2.00 bits per heavy atom. The fraction of sp³-hybridized carbons (Fsp3) is 0.917. The molecule has 6 heteroatoms. The maximum Gasteiger partial charge on any atom is 0.393 e. The predicted molar refractivity (Wildman–Crippen MR) is 62.8 cm³/mol. The van der Waals surface area contributed by atoms with Crippen LogP contribution in [-0.4, -0.2) is 24.2 Å². The molecule has 3 unspecified atom stereocenters. The topological polar surface area (TPSA) is 55.1 Å². The normalized spacial score (nSPS) is 26.7. The molecule has 0 radical (unpaired) electrons. The number of alkyl halides is 3. The Morgan fingerprint density at radius 3 is 2.56 bits per heavy atom. The first-order valence-electron chi connectivity index (χ1n) is 6.42. The molecule has 0 aliphatic heterocycles. The van der Waals surface area contributed by atoms with Crippen molar-refractivity contribution in [2.75, 3.05) is 0 Å². The summed E-state index contributed by atoms with van der Waals surface area (Å²) in [5, 5.41) is 2.52. The van der Waals surface area contributed by atoms with Crippen LogP contribution in [0.1, 0.15) is 45.4 Å². The van der Waals surface area contributed by atoms with Gasteiger partial charge in [0.1, 0.15) is 0 Å². The maximum atomic E-state index is 12.8. The van der Waals surface area contributed by atoms with Gasteiger partial charge in [-0.15, -0.1) is 0 Å². The van der Waals surface area contributed by atoms with Gasteiger partial charge >= 0.3 is 6.18 Å². The van der Waals surface area contributed by atoms with Crippen molar-refractivity contribution in [2.45, 2.75) is 63.7 Å². The van der Waals surface area contributed by atoms with Crippen LogP contribution in [0.15, 0.2) is 0 Å². The molecule has 1 amide bonds. The van der Waals surface area contributed by atoms with Gasteiger partial charge in [0.05, 0.1) is 5.92 Å². The number of rotatable bonds is 4. The number of carbonyl (C=O) groups is 1. The van der Waals surface area contributed by atoms with E-state index < -0.39 is 18.1 Å². The molecule has 0 spiro atoms. The first-order chi connectivity index (χ1) is 8.30. The van der Waals surface area contributed by atoms with Gasteiger partial charge in [0.15, 0.2) is 0 Å². The molecule has 0 bridgehead atoms. The van der Waals surface area contributed by atoms with Crippen molar-refractivity contribution >= 4 is 5.91 Å². The van der Waals surface area contributed by atoms with Crippen LogP contribution in [0.5, 0.6) is 0 Å². The van der Waals surface area contributed by atoms with E-state index in [4.69, 9.17) is 5.73 Å². The number of hydrogen-bond acceptors (Lipinski definition) is 2. The Kier molecular flexibility index (Phi) is 5.44. The number of amides is 1. The van der Waals surface area contributed by atoms with Crippen LogP contribution in [0.25, 0.3) is 0 Å². The fourth-order valence-electron chi connectivity index (χ4n) is 2.33. The molecule has 0 saturated heterocycles. The van der Waals surface area contributed by atoms with E-state index in [-0.39, 0.29) is 24.8 Å². The standard InChI is InChI=1S/C12H21F3N2O/c1-8(16)6-7-11(18)17-10-5-3-2-4-9(10)12(13,14)15/h8-10H,2-7,16H2,1H3,(H,17,18). The summed E-state index contributed by atoms with van der Waals surface area (Å²) in [7, 11) is 0. The summed E-state index contributed by atoms with van der Waals surface area (Å²) in [6.45, 7) is 1.77. The third-order valence-corrected chi connectivity index (χ3v) is 3.36. The predicted octanol–water partition coefficient (Wildman–Crippen LogP) is 2.35. The van der Waals surface area contributed by atoms with Crippen LogP contribution < -0.4 is 11.1 Å². The summed E-state index contributed by atoms with van der Waals surface area (Å²) >= 11 is 0. The van der Waals surface area contributed by atoms with Gasteiger partial charge in [-0.1, -0.05) is 12.8 Å². The smallest absolute Gasteiger partial charge is 0.353 e. The first kappa shape index (κ1) is 15.3. The summed E-state index contributed by atoms with van der Waals surface area (Å²) in [6.07, 6.45) is -1.69. The Hall–Kier alpha value is -0.780. The molecular formula is C12H21F3N2O. The van der Waals surface area contributed by atoms with Crippen molar-refractivity contribution in [3.05, 3.63) is 0 Å². The average Bonchev–Trinajstić information content (AvgIpc) is 2.25. The van der Waals surface area contributed by atoms with Gasteiger partial charge in [-0.25, -0.2) is 0 Å². The Morgan fingerprint density at radius 1 is 1.39 bits per heavy atom. The molecule has 1 fully saturated rings. The zero-order chi connectivity index (χ0) is 13.8. The van der Waals surface area contributed by atoms with E-state index >= 15 is 0 Å². The molecule has 1 rings (SSSR count). The summed E-state index contributed by atoms with van der Waals surface area (Å²) < 4.78 is 38.4. The van der Waals surface area contributed by atoms with E-state index in [1.807, 2.05) is 0 Å². The lowest BCUT2D eigenvalue weighted by molar-refractivity contribution is -0.189. The monoisotopic (exact) mass is 266 g/mol. The molecular weight excluding hydrogens is 245 g/mol. The highest BCUT2D eigenvalue weighted by Crippen LogP contribution is 2.37. The third-order valence-electron chi connectivity index (χ3n) is 3.36. The summed E-state index contributed by atoms with van der Waals surface area (Å²) in [6, 6.07) is -0.875. The number of halogens is 3. The lowest BCUT2D eigenvalue weighted by atomic mass is 9.84. The minimum Gasteiger partial charge on any atom is -0.353 e. The molecule has 0 aromatic carbocycles. The lowest BCUT2D eigenvalue weighted by Gasteiger charge is -2.33. The molecule has 0 heterocycles. The van der Waals surface area contributed by atoms with Crippen LogP contribution in [0.4, 0.5) is 13.2 Å². The minimum absolute atomic E-state index is 0.111. The van der Waals surface area contributed by atoms with Gasteiger partial charge in [-0.3, -0.25) is 4.79 Å². The largest absolute Gasteiger partial charge is 0.393 e. The van der Waals surface area contributed by atoms with E-state index in [1.165, 1.54) is 0 Å². The molecule has 0 aromatic rings. The first-order valence-corrected chi connectivity index (χ1v) is 6.42. The molecule has 3 atom stereocenters. The second-order valence-electron chi connectivity index (χ2n) is 5.12. The lowest BCUT2D eigenvalue weighted by Crippen LogP contribution is -2.47. The van der Waals surface area contributed by atoms with Crippen LogP contribution in [0.2, 0.25) is 0 Å². The molecule has 1 aliphatic carbocycles. The van der Waals surface area contributed by atoms with Gasteiger partial charge in [-0.2, -0.15) is 13.2 Å². The van der Waals surface area contributed by atoms with Crippen LogP contribution in [0.3, 0.4) is 0 Å². The number of hydrogen-bond donors (Lipinski definition) is 2. The van der Waals surface area contributed by atoms with Crippen molar-refractivity contribution in [1.82, 2.24) is 5.32 Å². The number of carbonyl (C=O) groups excluding carboxylic acids is 1. The van der Waals surface area contributed by atoms with Gasteiger partial charge in [0, 0.05) is 18.5 Å². The Bertz CT molecular complexity index is 279. The molecule has 0 aromatic heterocycles. The van der Waals surface area contributed by atoms with Crippen molar-refractivity contribution in [2.24, 2.45) is 11.7 Å². The molecule has 1 saturated carbocycles. The van der Waals surface area contributed by atoms with Gasteiger partial charge in [0.25, 0.3) is 0 Å². The Balaban J connectivity index is 2.49. The fourth-order valence-corrected chi connectivity index (χ4v) is 2.33. The van der Waals surface area contributed by atoms with E-state index in [0.717, 1.165) is 6.42 Å². The minimum atomic E-state index is -4.22. The van der Waals surface area contributed by atoms with Gasteiger partial charge in [0.2, 0.25) is 5.91 Å². The molecule has 3 nitrogen and oxygen atoms in total.